The van der Waals surface area contributed by atoms with Crippen molar-refractivity contribution in [1.29, 1.82) is 0 Å². The molecular formula is C14H17F5N4O. The van der Waals surface area contributed by atoms with Crippen LogP contribution in [0, 0.1) is 5.92 Å². The van der Waals surface area contributed by atoms with E-state index in [4.69, 9.17) is 0 Å². The molecule has 0 saturated carbocycles. The number of carbonyl (C=O) groups is 1. The van der Waals surface area contributed by atoms with Crippen LogP contribution in [0.3, 0.4) is 0 Å². The first-order valence-electron chi connectivity index (χ1n) is 7.71. The highest BCUT2D eigenvalue weighted by molar-refractivity contribution is 5.81. The molecule has 2 N–H and O–H groups in total. The van der Waals surface area contributed by atoms with Gasteiger partial charge in [-0.05, 0) is 12.3 Å². The number of amides is 1. The molecule has 0 fully saturated rings. The van der Waals surface area contributed by atoms with E-state index in [1.807, 2.05) is 0 Å². The molecule has 1 amide bonds. The predicted molar refractivity (Wildman–Crippen MR) is 73.3 cm³/mol. The van der Waals surface area contributed by atoms with E-state index in [-0.39, 0.29) is 25.2 Å². The van der Waals surface area contributed by atoms with E-state index in [1.165, 1.54) is 4.68 Å². The molecule has 1 aromatic heterocycles. The molecule has 0 bridgehead atoms. The minimum atomic E-state index is -4.98. The Morgan fingerprint density at radius 1 is 1.42 bits per heavy atom. The van der Waals surface area contributed by atoms with Crippen molar-refractivity contribution in [2.45, 2.75) is 44.5 Å². The lowest BCUT2D eigenvalue weighted by molar-refractivity contribution is -0.173. The maximum Gasteiger partial charge on any atom is 0.471 e. The van der Waals surface area contributed by atoms with E-state index in [0.29, 0.717) is 30.8 Å². The van der Waals surface area contributed by atoms with E-state index in [0.717, 1.165) is 0 Å². The first-order valence-corrected chi connectivity index (χ1v) is 7.71. The second-order valence-electron chi connectivity index (χ2n) is 6.20. The van der Waals surface area contributed by atoms with Crippen LogP contribution >= 0.6 is 0 Å². The van der Waals surface area contributed by atoms with Crippen LogP contribution in [-0.4, -0.2) is 35.0 Å². The molecule has 1 aromatic rings. The number of hydrogen-bond donors (Lipinski definition) is 2. The second kappa shape index (κ2) is 5.98. The zero-order chi connectivity index (χ0) is 17.5. The van der Waals surface area contributed by atoms with Crippen molar-refractivity contribution in [3.8, 4) is 0 Å². The third-order valence-electron chi connectivity index (χ3n) is 4.43. The standard InChI is InChI=1S/C14H17F5N4O/c15-13(16)3-1-8(5-21-12(24)14(17,18)19)7-23-11(13)9-6-20-4-2-10(9)22-23/h8,20H,1-7H2,(H,21,24). The van der Waals surface area contributed by atoms with Gasteiger partial charge in [0.15, 0.2) is 0 Å². The van der Waals surface area contributed by atoms with Gasteiger partial charge in [0.05, 0.1) is 5.69 Å². The average molecular weight is 352 g/mol. The van der Waals surface area contributed by atoms with Gasteiger partial charge in [0.2, 0.25) is 0 Å². The second-order valence-corrected chi connectivity index (χ2v) is 6.20. The van der Waals surface area contributed by atoms with Gasteiger partial charge in [-0.2, -0.15) is 27.1 Å². The summed E-state index contributed by atoms with van der Waals surface area (Å²) in [6, 6.07) is 0. The number of nitrogens with zero attached hydrogens (tertiary/aromatic N) is 2. The Kier molecular flexibility index (Phi) is 4.27. The Morgan fingerprint density at radius 2 is 2.17 bits per heavy atom. The van der Waals surface area contributed by atoms with Crippen molar-refractivity contribution in [2.75, 3.05) is 13.1 Å². The normalized spacial score (nSPS) is 23.1. The Bertz CT molecular complexity index is 640. The summed E-state index contributed by atoms with van der Waals surface area (Å²) in [6.07, 6.45) is -4.90. The summed E-state index contributed by atoms with van der Waals surface area (Å²) in [5.74, 6) is -5.66. The van der Waals surface area contributed by atoms with Crippen LogP contribution < -0.4 is 10.6 Å². The Labute approximate surface area is 134 Å². The minimum absolute atomic E-state index is 0.0106. The van der Waals surface area contributed by atoms with Crippen LogP contribution in [0.25, 0.3) is 0 Å². The molecule has 2 aliphatic rings. The largest absolute Gasteiger partial charge is 0.471 e. The summed E-state index contributed by atoms with van der Waals surface area (Å²) in [5.41, 5.74) is 0.962. The number of hydrogen-bond acceptors (Lipinski definition) is 3. The summed E-state index contributed by atoms with van der Waals surface area (Å²) in [6.45, 7) is 0.725. The van der Waals surface area contributed by atoms with Crippen molar-refractivity contribution < 1.29 is 26.7 Å². The van der Waals surface area contributed by atoms with Crippen molar-refractivity contribution in [2.24, 2.45) is 5.92 Å². The lowest BCUT2D eigenvalue weighted by atomic mass is 9.98. The molecule has 24 heavy (non-hydrogen) atoms. The smallest absolute Gasteiger partial charge is 0.348 e. The Morgan fingerprint density at radius 3 is 2.88 bits per heavy atom. The van der Waals surface area contributed by atoms with Crippen LogP contribution in [0.15, 0.2) is 0 Å². The zero-order valence-corrected chi connectivity index (χ0v) is 12.7. The van der Waals surface area contributed by atoms with Crippen LogP contribution in [0.1, 0.15) is 29.8 Å². The molecule has 10 heteroatoms. The van der Waals surface area contributed by atoms with Gasteiger partial charge in [-0.1, -0.05) is 0 Å². The molecule has 2 aliphatic heterocycles. The van der Waals surface area contributed by atoms with Crippen molar-refractivity contribution in [1.82, 2.24) is 20.4 Å². The Balaban J connectivity index is 1.79. The summed E-state index contributed by atoms with van der Waals surface area (Å²) < 4.78 is 66.9. The van der Waals surface area contributed by atoms with Gasteiger partial charge in [-0.3, -0.25) is 9.48 Å². The topological polar surface area (TPSA) is 59.0 Å². The van der Waals surface area contributed by atoms with Gasteiger partial charge >= 0.3 is 12.1 Å². The van der Waals surface area contributed by atoms with Crippen molar-refractivity contribution >= 4 is 5.91 Å². The molecule has 0 saturated heterocycles. The molecule has 3 heterocycles. The minimum Gasteiger partial charge on any atom is -0.348 e. The molecule has 1 unspecified atom stereocenters. The molecule has 0 radical (unpaired) electrons. The fraction of sp³-hybridized carbons (Fsp3) is 0.714. The van der Waals surface area contributed by atoms with Gasteiger partial charge in [0.1, 0.15) is 5.69 Å². The summed E-state index contributed by atoms with van der Waals surface area (Å²) in [4.78, 5) is 10.9. The third-order valence-corrected chi connectivity index (χ3v) is 4.43. The molecule has 5 nitrogen and oxygen atoms in total. The lowest BCUT2D eigenvalue weighted by Crippen LogP contribution is -2.40. The molecule has 134 valence electrons. The molecular weight excluding hydrogens is 335 g/mol. The van der Waals surface area contributed by atoms with Gasteiger partial charge in [-0.25, -0.2) is 0 Å². The SMILES string of the molecule is O=C(NCC1CCC(F)(F)c2c3c(nn2C1)CCNC3)C(F)(F)F. The van der Waals surface area contributed by atoms with Gasteiger partial charge < -0.3 is 10.6 Å². The fourth-order valence-corrected chi connectivity index (χ4v) is 3.24. The highest BCUT2D eigenvalue weighted by atomic mass is 19.4. The maximum absolute atomic E-state index is 14.5. The van der Waals surface area contributed by atoms with Gasteiger partial charge in [0, 0.05) is 44.6 Å². The van der Waals surface area contributed by atoms with Crippen LogP contribution in [0.4, 0.5) is 22.0 Å². The maximum atomic E-state index is 14.5. The van der Waals surface area contributed by atoms with Crippen LogP contribution in [-0.2, 0) is 30.2 Å². The van der Waals surface area contributed by atoms with Crippen LogP contribution in [0.2, 0.25) is 0 Å². The molecule has 0 aromatic carbocycles. The highest BCUT2D eigenvalue weighted by Crippen LogP contribution is 2.40. The van der Waals surface area contributed by atoms with Gasteiger partial charge in [-0.15, -0.1) is 0 Å². The van der Waals surface area contributed by atoms with E-state index in [2.05, 4.69) is 10.4 Å². The summed E-state index contributed by atoms with van der Waals surface area (Å²) in [7, 11) is 0. The first-order chi connectivity index (χ1) is 11.2. The fourth-order valence-electron chi connectivity index (χ4n) is 3.24. The molecule has 0 aliphatic carbocycles. The van der Waals surface area contributed by atoms with Crippen molar-refractivity contribution in [3.63, 3.8) is 0 Å². The number of alkyl halides is 5. The van der Waals surface area contributed by atoms with E-state index < -0.39 is 30.3 Å². The third kappa shape index (κ3) is 3.24. The predicted octanol–water partition coefficient (Wildman–Crippen LogP) is 1.71. The monoisotopic (exact) mass is 352 g/mol. The molecule has 0 spiro atoms. The van der Waals surface area contributed by atoms with Gasteiger partial charge in [0.25, 0.3) is 5.92 Å². The average Bonchev–Trinajstić information content (AvgIpc) is 2.81. The van der Waals surface area contributed by atoms with Crippen molar-refractivity contribution in [3.05, 3.63) is 17.0 Å². The number of nitrogens with one attached hydrogen (secondary N) is 2. The molecule has 1 atom stereocenters. The number of aromatic nitrogens is 2. The van der Waals surface area contributed by atoms with E-state index in [1.54, 1.807) is 5.32 Å². The summed E-state index contributed by atoms with van der Waals surface area (Å²) >= 11 is 0. The number of carbonyl (C=O) groups excluding carboxylic acids is 1. The number of halogens is 5. The first kappa shape index (κ1) is 17.1. The van der Waals surface area contributed by atoms with Crippen LogP contribution in [0.5, 0.6) is 0 Å². The number of fused-ring (bicyclic) bond motifs is 3. The highest BCUT2D eigenvalue weighted by Gasteiger charge is 2.43. The molecule has 3 rings (SSSR count). The lowest BCUT2D eigenvalue weighted by Gasteiger charge is -2.19. The zero-order valence-electron chi connectivity index (χ0n) is 12.7. The Hall–Kier alpha value is -1.71. The van der Waals surface area contributed by atoms with E-state index in [9.17, 15) is 26.7 Å². The van der Waals surface area contributed by atoms with E-state index >= 15 is 0 Å². The number of rotatable bonds is 2. The quantitative estimate of drug-likeness (QED) is 0.797. The summed E-state index contributed by atoms with van der Waals surface area (Å²) in [5, 5.41) is 9.05.